The van der Waals surface area contributed by atoms with Crippen LogP contribution in [0.25, 0.3) is 0 Å². The van der Waals surface area contributed by atoms with Gasteiger partial charge in [-0.15, -0.1) is 0 Å². The first-order valence-electron chi connectivity index (χ1n) is 10.7. The van der Waals surface area contributed by atoms with Gasteiger partial charge in [0.1, 0.15) is 5.69 Å². The van der Waals surface area contributed by atoms with E-state index in [4.69, 9.17) is 0 Å². The summed E-state index contributed by atoms with van der Waals surface area (Å²) >= 11 is 0. The number of amides is 1. The molecule has 0 aliphatic carbocycles. The van der Waals surface area contributed by atoms with Crippen LogP contribution >= 0.6 is 0 Å². The molecular formula is C20H34N6O. The Balaban J connectivity index is 1.24. The van der Waals surface area contributed by atoms with E-state index in [1.165, 1.54) is 32.4 Å². The largest absolute Gasteiger partial charge is 0.348 e. The highest BCUT2D eigenvalue weighted by molar-refractivity contribution is 5.92. The molecule has 1 aromatic heterocycles. The lowest BCUT2D eigenvalue weighted by atomic mass is 9.98. The molecule has 1 atom stereocenters. The van der Waals surface area contributed by atoms with E-state index < -0.39 is 0 Å². The van der Waals surface area contributed by atoms with E-state index in [0.29, 0.717) is 11.7 Å². The van der Waals surface area contributed by atoms with E-state index in [-0.39, 0.29) is 11.9 Å². The lowest BCUT2D eigenvalue weighted by Gasteiger charge is -2.41. The van der Waals surface area contributed by atoms with E-state index in [9.17, 15) is 4.79 Å². The van der Waals surface area contributed by atoms with E-state index in [1.54, 1.807) is 0 Å². The maximum atomic E-state index is 12.6. The second kappa shape index (κ2) is 8.71. The van der Waals surface area contributed by atoms with Crippen LogP contribution in [0.15, 0.2) is 12.3 Å². The molecule has 3 aliphatic heterocycles. The summed E-state index contributed by atoms with van der Waals surface area (Å²) in [6.45, 7) is 6.64. The van der Waals surface area contributed by atoms with Gasteiger partial charge < -0.3 is 20.4 Å². The van der Waals surface area contributed by atoms with Gasteiger partial charge in [-0.2, -0.15) is 5.10 Å². The molecule has 7 nitrogen and oxygen atoms in total. The Bertz CT molecular complexity index is 610. The normalized spacial score (nSPS) is 26.9. The molecule has 0 spiro atoms. The maximum absolute atomic E-state index is 12.6. The predicted molar refractivity (Wildman–Crippen MR) is 106 cm³/mol. The third kappa shape index (κ3) is 4.70. The van der Waals surface area contributed by atoms with Gasteiger partial charge in [0, 0.05) is 37.9 Å². The molecule has 7 heteroatoms. The van der Waals surface area contributed by atoms with Crippen LogP contribution < -0.4 is 10.6 Å². The number of hydrogen-bond donors (Lipinski definition) is 2. The number of carbonyl (C=O) groups is 1. The van der Waals surface area contributed by atoms with Crippen LogP contribution in [-0.4, -0.2) is 83.9 Å². The Kier molecular flexibility index (Phi) is 6.10. The van der Waals surface area contributed by atoms with Crippen molar-refractivity contribution in [2.75, 3.05) is 46.3 Å². The number of hydrogen-bond acceptors (Lipinski definition) is 5. The van der Waals surface area contributed by atoms with Crippen LogP contribution in [0.3, 0.4) is 0 Å². The first-order chi connectivity index (χ1) is 13.2. The highest BCUT2D eigenvalue weighted by atomic mass is 16.2. The molecule has 1 amide bonds. The Morgan fingerprint density at radius 1 is 1.11 bits per heavy atom. The molecule has 150 valence electrons. The summed E-state index contributed by atoms with van der Waals surface area (Å²) < 4.78 is 1.96. The summed E-state index contributed by atoms with van der Waals surface area (Å²) in [4.78, 5) is 17.7. The van der Waals surface area contributed by atoms with Crippen molar-refractivity contribution in [2.45, 2.75) is 56.7 Å². The first-order valence-corrected chi connectivity index (χ1v) is 10.7. The number of nitrogens with zero attached hydrogens (tertiary/aromatic N) is 4. The highest BCUT2D eigenvalue weighted by Crippen LogP contribution is 2.21. The Hall–Kier alpha value is -1.44. The quantitative estimate of drug-likeness (QED) is 0.826. The van der Waals surface area contributed by atoms with E-state index in [2.05, 4.69) is 32.6 Å². The van der Waals surface area contributed by atoms with Crippen molar-refractivity contribution < 1.29 is 4.79 Å². The zero-order valence-corrected chi connectivity index (χ0v) is 16.6. The van der Waals surface area contributed by atoms with Crippen LogP contribution in [0.4, 0.5) is 0 Å². The first kappa shape index (κ1) is 18.9. The lowest BCUT2D eigenvalue weighted by Crippen LogP contribution is -2.50. The van der Waals surface area contributed by atoms with Crippen molar-refractivity contribution in [1.29, 1.82) is 0 Å². The van der Waals surface area contributed by atoms with E-state index >= 15 is 0 Å². The molecule has 3 fully saturated rings. The average Bonchev–Trinajstić information content (AvgIpc) is 3.20. The van der Waals surface area contributed by atoms with Gasteiger partial charge in [-0.1, -0.05) is 0 Å². The third-order valence-corrected chi connectivity index (χ3v) is 6.56. The van der Waals surface area contributed by atoms with Crippen molar-refractivity contribution in [3.63, 3.8) is 0 Å². The molecule has 27 heavy (non-hydrogen) atoms. The van der Waals surface area contributed by atoms with Gasteiger partial charge in [-0.3, -0.25) is 9.48 Å². The topological polar surface area (TPSA) is 65.4 Å². The van der Waals surface area contributed by atoms with Crippen molar-refractivity contribution in [2.24, 2.45) is 0 Å². The smallest absolute Gasteiger partial charge is 0.271 e. The average molecular weight is 375 g/mol. The molecular weight excluding hydrogens is 340 g/mol. The Morgan fingerprint density at radius 2 is 1.89 bits per heavy atom. The van der Waals surface area contributed by atoms with Crippen LogP contribution in [0.5, 0.6) is 0 Å². The second-order valence-electron chi connectivity index (χ2n) is 8.50. The summed E-state index contributed by atoms with van der Waals surface area (Å²) in [5.41, 5.74) is 0.554. The minimum atomic E-state index is -0.0183. The monoisotopic (exact) mass is 374 g/mol. The van der Waals surface area contributed by atoms with E-state index in [0.717, 1.165) is 51.5 Å². The molecule has 0 radical (unpaired) electrons. The zero-order chi connectivity index (χ0) is 18.6. The fourth-order valence-corrected chi connectivity index (χ4v) is 4.75. The summed E-state index contributed by atoms with van der Waals surface area (Å²) in [6.07, 6.45) is 8.90. The summed E-state index contributed by atoms with van der Waals surface area (Å²) in [7, 11) is 2.21. The minimum absolute atomic E-state index is 0.0183. The number of likely N-dealkylation sites (tertiary alicyclic amines) is 2. The van der Waals surface area contributed by atoms with Gasteiger partial charge in [0.05, 0.1) is 6.04 Å². The molecule has 0 saturated carbocycles. The molecule has 3 saturated heterocycles. The molecule has 3 aliphatic rings. The van der Waals surface area contributed by atoms with Crippen LogP contribution in [0, 0.1) is 0 Å². The molecule has 4 rings (SSSR count). The van der Waals surface area contributed by atoms with Crippen LogP contribution in [0.2, 0.25) is 0 Å². The molecule has 1 aromatic rings. The van der Waals surface area contributed by atoms with E-state index in [1.807, 2.05) is 16.9 Å². The fraction of sp³-hybridized carbons (Fsp3) is 0.800. The van der Waals surface area contributed by atoms with Gasteiger partial charge in [0.25, 0.3) is 5.91 Å². The number of rotatable bonds is 4. The third-order valence-electron chi connectivity index (χ3n) is 6.56. The summed E-state index contributed by atoms with van der Waals surface area (Å²) in [5, 5.41) is 11.2. The Morgan fingerprint density at radius 3 is 2.59 bits per heavy atom. The zero-order valence-electron chi connectivity index (χ0n) is 16.6. The molecule has 0 bridgehead atoms. The second-order valence-corrected chi connectivity index (χ2v) is 8.50. The standard InChI is InChI=1S/C20H34N6O/c1-24-10-6-17(7-11-24)25-12-4-16(5-13-25)22-20(27)19-8-14-26(23-19)18-3-2-9-21-15-18/h8,14,16-18,21H,2-7,9-13,15H2,1H3,(H,22,27). The van der Waals surface area contributed by atoms with Gasteiger partial charge in [-0.05, 0) is 71.3 Å². The van der Waals surface area contributed by atoms with Crippen molar-refractivity contribution in [1.82, 2.24) is 30.2 Å². The van der Waals surface area contributed by atoms with Gasteiger partial charge in [0.15, 0.2) is 0 Å². The predicted octanol–water partition coefficient (Wildman–Crippen LogP) is 1.10. The van der Waals surface area contributed by atoms with Gasteiger partial charge in [-0.25, -0.2) is 0 Å². The van der Waals surface area contributed by atoms with Crippen molar-refractivity contribution in [3.05, 3.63) is 18.0 Å². The van der Waals surface area contributed by atoms with Crippen LogP contribution in [0.1, 0.15) is 55.1 Å². The lowest BCUT2D eigenvalue weighted by molar-refractivity contribution is 0.0803. The Labute approximate surface area is 162 Å². The summed E-state index contributed by atoms with van der Waals surface area (Å²) in [6, 6.07) is 3.25. The number of nitrogens with one attached hydrogen (secondary N) is 2. The molecule has 1 unspecified atom stereocenters. The minimum Gasteiger partial charge on any atom is -0.348 e. The molecule has 4 heterocycles. The van der Waals surface area contributed by atoms with Gasteiger partial charge in [0.2, 0.25) is 0 Å². The molecule has 0 aromatic carbocycles. The SMILES string of the molecule is CN1CCC(N2CCC(NC(=O)c3ccn(C4CCCNC4)n3)CC2)CC1. The van der Waals surface area contributed by atoms with Crippen molar-refractivity contribution >= 4 is 5.91 Å². The molecule has 2 N–H and O–H groups in total. The summed E-state index contributed by atoms with van der Waals surface area (Å²) in [5.74, 6) is -0.0183. The number of aromatic nitrogens is 2. The maximum Gasteiger partial charge on any atom is 0.271 e. The fourth-order valence-electron chi connectivity index (χ4n) is 4.75. The van der Waals surface area contributed by atoms with Crippen LogP contribution in [-0.2, 0) is 0 Å². The number of carbonyl (C=O) groups excluding carboxylic acids is 1. The van der Waals surface area contributed by atoms with Crippen molar-refractivity contribution in [3.8, 4) is 0 Å². The highest BCUT2D eigenvalue weighted by Gasteiger charge is 2.28. The number of piperidine rings is 3. The van der Waals surface area contributed by atoms with Gasteiger partial charge >= 0.3 is 0 Å².